The number of carbonyl (C=O) groups is 1. The molecule has 0 bridgehead atoms. The van der Waals surface area contributed by atoms with Gasteiger partial charge in [0.2, 0.25) is 0 Å². The lowest BCUT2D eigenvalue weighted by atomic mass is 10.1. The minimum Gasteiger partial charge on any atom is -0.469 e. The number of carbonyl (C=O) groups excluding carboxylic acids is 1. The van der Waals surface area contributed by atoms with Crippen molar-refractivity contribution in [3.63, 3.8) is 0 Å². The van der Waals surface area contributed by atoms with E-state index in [1.165, 1.54) is 20.0 Å². The van der Waals surface area contributed by atoms with Gasteiger partial charge in [-0.3, -0.25) is 4.79 Å². The first-order valence-electron chi connectivity index (χ1n) is 7.70. The van der Waals surface area contributed by atoms with Gasteiger partial charge in [-0.15, -0.1) is 0 Å². The van der Waals surface area contributed by atoms with Crippen molar-refractivity contribution in [3.05, 3.63) is 24.3 Å². The number of ether oxygens (including phenoxy) is 1. The molecule has 1 N–H and O–H groups in total. The molecule has 3 heteroatoms. The third-order valence-corrected chi connectivity index (χ3v) is 3.77. The van der Waals surface area contributed by atoms with Crippen LogP contribution in [0.4, 0.5) is 0 Å². The molecule has 114 valence electrons. The van der Waals surface area contributed by atoms with Crippen molar-refractivity contribution >= 4 is 5.97 Å². The van der Waals surface area contributed by atoms with Gasteiger partial charge in [-0.05, 0) is 57.3 Å². The van der Waals surface area contributed by atoms with Gasteiger partial charge in [0, 0.05) is 6.42 Å². The number of allylic oxidation sites excluding steroid dienone is 3. The Bertz CT molecular complexity index is 331. The van der Waals surface area contributed by atoms with Gasteiger partial charge in [-0.2, -0.15) is 0 Å². The molecular formula is C17H28O3. The summed E-state index contributed by atoms with van der Waals surface area (Å²) >= 11 is 0. The molecule has 3 nitrogen and oxygen atoms in total. The Labute approximate surface area is 122 Å². The zero-order valence-electron chi connectivity index (χ0n) is 12.8. The zero-order valence-corrected chi connectivity index (χ0v) is 12.8. The van der Waals surface area contributed by atoms with Crippen molar-refractivity contribution < 1.29 is 14.6 Å². The molecule has 1 aliphatic rings. The fourth-order valence-corrected chi connectivity index (χ4v) is 2.42. The monoisotopic (exact) mass is 280 g/mol. The molecule has 0 radical (unpaired) electrons. The summed E-state index contributed by atoms with van der Waals surface area (Å²) in [5.41, 5.74) is 0. The van der Waals surface area contributed by atoms with Gasteiger partial charge < -0.3 is 9.84 Å². The molecule has 1 fully saturated rings. The first-order valence-corrected chi connectivity index (χ1v) is 7.70. The molecule has 1 saturated carbocycles. The second-order valence-electron chi connectivity index (χ2n) is 5.68. The van der Waals surface area contributed by atoms with E-state index < -0.39 is 0 Å². The normalized spacial score (nSPS) is 23.4. The van der Waals surface area contributed by atoms with Gasteiger partial charge in [-0.25, -0.2) is 0 Å². The smallest absolute Gasteiger partial charge is 0.305 e. The van der Waals surface area contributed by atoms with Crippen molar-refractivity contribution in [1.82, 2.24) is 0 Å². The quantitative estimate of drug-likeness (QED) is 0.377. The van der Waals surface area contributed by atoms with Crippen LogP contribution in [0.25, 0.3) is 0 Å². The van der Waals surface area contributed by atoms with Crippen LogP contribution in [-0.2, 0) is 9.53 Å². The van der Waals surface area contributed by atoms with E-state index in [1.54, 1.807) is 6.92 Å². The van der Waals surface area contributed by atoms with Crippen LogP contribution in [-0.4, -0.2) is 24.3 Å². The molecule has 0 aromatic rings. The Morgan fingerprint density at radius 1 is 1.30 bits per heavy atom. The summed E-state index contributed by atoms with van der Waals surface area (Å²) in [4.78, 5) is 10.9. The standard InChI is InChI=1S/C17H28O3/c1-14(18)9-8-11-16-13-15(16)10-6-4-3-5-7-12-17(19)20-2/h3-4,8-9,14-16,18H,5-7,10-13H2,1-2H3/b4-3-,9-8+/t14?,15-,16-/m0/s1. The van der Waals surface area contributed by atoms with E-state index in [1.807, 2.05) is 6.08 Å². The molecule has 0 aromatic heterocycles. The van der Waals surface area contributed by atoms with E-state index in [-0.39, 0.29) is 12.1 Å². The fourth-order valence-electron chi connectivity index (χ4n) is 2.42. The molecule has 20 heavy (non-hydrogen) atoms. The topological polar surface area (TPSA) is 46.5 Å². The maximum Gasteiger partial charge on any atom is 0.305 e. The first-order chi connectivity index (χ1) is 9.63. The number of aliphatic hydroxyl groups is 1. The van der Waals surface area contributed by atoms with Crippen LogP contribution >= 0.6 is 0 Å². The predicted octanol–water partition coefficient (Wildman–Crippen LogP) is 3.63. The van der Waals surface area contributed by atoms with Crippen LogP contribution in [0.3, 0.4) is 0 Å². The third-order valence-electron chi connectivity index (χ3n) is 3.77. The predicted molar refractivity (Wildman–Crippen MR) is 81.3 cm³/mol. The van der Waals surface area contributed by atoms with E-state index in [2.05, 4.69) is 23.0 Å². The second-order valence-corrected chi connectivity index (χ2v) is 5.68. The first kappa shape index (κ1) is 17.0. The van der Waals surface area contributed by atoms with E-state index in [0.29, 0.717) is 6.42 Å². The number of unbranched alkanes of at least 4 members (excludes halogenated alkanes) is 1. The van der Waals surface area contributed by atoms with Crippen LogP contribution in [0.1, 0.15) is 51.9 Å². The summed E-state index contributed by atoms with van der Waals surface area (Å²) in [6, 6.07) is 0. The molecule has 0 heterocycles. The molecule has 0 amide bonds. The Morgan fingerprint density at radius 2 is 2.05 bits per heavy atom. The number of esters is 1. The lowest BCUT2D eigenvalue weighted by Crippen LogP contribution is -1.98. The van der Waals surface area contributed by atoms with Crippen LogP contribution in [0.15, 0.2) is 24.3 Å². The van der Waals surface area contributed by atoms with Gasteiger partial charge in [0.15, 0.2) is 0 Å². The molecule has 1 aliphatic carbocycles. The Kier molecular flexibility index (Phi) is 8.28. The highest BCUT2D eigenvalue weighted by atomic mass is 16.5. The SMILES string of the molecule is COC(=O)CCC/C=C\CC[C@H]1C[C@@H]1C/C=C/C(C)O. The zero-order chi connectivity index (χ0) is 14.8. The Hall–Kier alpha value is -1.09. The number of methoxy groups -OCH3 is 1. The molecule has 1 unspecified atom stereocenters. The van der Waals surface area contributed by atoms with Gasteiger partial charge in [0.1, 0.15) is 0 Å². The van der Waals surface area contributed by atoms with Crippen LogP contribution in [0.2, 0.25) is 0 Å². The minimum absolute atomic E-state index is 0.121. The molecule has 0 aromatic carbocycles. The average molecular weight is 280 g/mol. The van der Waals surface area contributed by atoms with E-state index >= 15 is 0 Å². The maximum absolute atomic E-state index is 10.9. The maximum atomic E-state index is 10.9. The van der Waals surface area contributed by atoms with E-state index in [9.17, 15) is 4.79 Å². The highest BCUT2D eigenvalue weighted by Crippen LogP contribution is 2.44. The van der Waals surface area contributed by atoms with Gasteiger partial charge in [-0.1, -0.05) is 24.3 Å². The molecule has 0 spiro atoms. The van der Waals surface area contributed by atoms with Crippen molar-refractivity contribution in [2.24, 2.45) is 11.8 Å². The molecule has 3 atom stereocenters. The number of aliphatic hydroxyl groups excluding tert-OH is 1. The Balaban J connectivity index is 1.94. The van der Waals surface area contributed by atoms with Gasteiger partial charge in [0.25, 0.3) is 0 Å². The van der Waals surface area contributed by atoms with Crippen LogP contribution < -0.4 is 0 Å². The number of hydrogen-bond acceptors (Lipinski definition) is 3. The molecule has 1 rings (SSSR count). The summed E-state index contributed by atoms with van der Waals surface area (Å²) < 4.78 is 4.59. The largest absolute Gasteiger partial charge is 0.469 e. The lowest BCUT2D eigenvalue weighted by molar-refractivity contribution is -0.140. The average Bonchev–Trinajstić information content (AvgIpc) is 3.15. The molecule has 0 aliphatic heterocycles. The van der Waals surface area contributed by atoms with Gasteiger partial charge >= 0.3 is 5.97 Å². The van der Waals surface area contributed by atoms with E-state index in [4.69, 9.17) is 5.11 Å². The Morgan fingerprint density at radius 3 is 2.75 bits per heavy atom. The molecular weight excluding hydrogens is 252 g/mol. The summed E-state index contributed by atoms with van der Waals surface area (Å²) in [6.45, 7) is 1.78. The third kappa shape index (κ3) is 8.16. The summed E-state index contributed by atoms with van der Waals surface area (Å²) in [5, 5.41) is 9.12. The number of rotatable bonds is 10. The van der Waals surface area contributed by atoms with Crippen LogP contribution in [0, 0.1) is 11.8 Å². The number of hydrogen-bond donors (Lipinski definition) is 1. The van der Waals surface area contributed by atoms with Crippen molar-refractivity contribution in [3.8, 4) is 0 Å². The van der Waals surface area contributed by atoms with Crippen LogP contribution in [0.5, 0.6) is 0 Å². The van der Waals surface area contributed by atoms with Crippen molar-refractivity contribution in [2.45, 2.75) is 58.0 Å². The van der Waals surface area contributed by atoms with E-state index in [0.717, 1.165) is 37.5 Å². The lowest BCUT2D eigenvalue weighted by Gasteiger charge is -1.97. The van der Waals surface area contributed by atoms with Gasteiger partial charge in [0.05, 0.1) is 13.2 Å². The second kappa shape index (κ2) is 9.76. The summed E-state index contributed by atoms with van der Waals surface area (Å²) in [5.74, 6) is 1.58. The summed E-state index contributed by atoms with van der Waals surface area (Å²) in [7, 11) is 1.43. The van der Waals surface area contributed by atoms with Crippen molar-refractivity contribution in [1.29, 1.82) is 0 Å². The highest BCUT2D eigenvalue weighted by Gasteiger charge is 2.34. The summed E-state index contributed by atoms with van der Waals surface area (Å²) in [6.07, 6.45) is 15.3. The minimum atomic E-state index is -0.319. The fraction of sp³-hybridized carbons (Fsp3) is 0.706. The molecule has 0 saturated heterocycles. The van der Waals surface area contributed by atoms with Crippen molar-refractivity contribution in [2.75, 3.05) is 7.11 Å². The highest BCUT2D eigenvalue weighted by molar-refractivity contribution is 5.68.